The molecule has 2 aromatic rings. The van der Waals surface area contributed by atoms with E-state index in [1.54, 1.807) is 23.1 Å². The quantitative estimate of drug-likeness (QED) is 0.407. The molecule has 1 N–H and O–H groups in total. The molecule has 0 spiro atoms. The van der Waals surface area contributed by atoms with E-state index >= 15 is 0 Å². The standard InChI is InChI=1S/C24H28N2O4S3/c1-5-18(14-22-25(6-2)24-21(32-22)10-8-17(4)30-24)15-23-26(11-12-33(27,28)29)19-13-16(3)7-9-20(19)31-23/h7-10,13-15,17H,5-6,11-12H2,1-4H3/p+1. The van der Waals surface area contributed by atoms with E-state index in [4.69, 9.17) is 4.74 Å². The van der Waals surface area contributed by atoms with Crippen molar-refractivity contribution >= 4 is 51.1 Å². The van der Waals surface area contributed by atoms with Crippen molar-refractivity contribution in [2.24, 2.45) is 0 Å². The summed E-state index contributed by atoms with van der Waals surface area (Å²) in [6.45, 7) is 9.29. The second-order valence-electron chi connectivity index (χ2n) is 8.10. The Labute approximate surface area is 204 Å². The van der Waals surface area contributed by atoms with E-state index in [-0.39, 0.29) is 18.4 Å². The molecular weight excluding hydrogens is 476 g/mol. The number of anilines is 1. The number of rotatable bonds is 7. The highest BCUT2D eigenvalue weighted by molar-refractivity contribution is 8.03. The minimum atomic E-state index is -4.06. The van der Waals surface area contributed by atoms with Gasteiger partial charge >= 0.3 is 5.88 Å². The van der Waals surface area contributed by atoms with Crippen molar-refractivity contribution in [2.45, 2.75) is 51.7 Å². The van der Waals surface area contributed by atoms with Crippen molar-refractivity contribution in [3.05, 3.63) is 56.4 Å². The molecule has 6 nitrogen and oxygen atoms in total. The summed E-state index contributed by atoms with van der Waals surface area (Å²) in [7, 11) is -4.06. The number of thioether (sulfide) groups is 1. The van der Waals surface area contributed by atoms with Crippen LogP contribution in [0.4, 0.5) is 5.69 Å². The lowest BCUT2D eigenvalue weighted by Crippen LogP contribution is -2.37. The van der Waals surface area contributed by atoms with Crippen molar-refractivity contribution in [2.75, 3.05) is 17.2 Å². The molecule has 0 radical (unpaired) electrons. The molecule has 1 atom stereocenters. The first kappa shape index (κ1) is 24.1. The molecule has 0 aliphatic carbocycles. The molecule has 3 heterocycles. The topological polar surface area (TPSA) is 70.7 Å². The van der Waals surface area contributed by atoms with E-state index in [1.807, 2.05) is 18.7 Å². The number of benzene rings is 1. The molecule has 9 heteroatoms. The minimum Gasteiger partial charge on any atom is -0.436 e. The van der Waals surface area contributed by atoms with E-state index in [0.29, 0.717) is 0 Å². The molecular formula is C24H29N2O4S3+. The van der Waals surface area contributed by atoms with Gasteiger partial charge in [-0.1, -0.05) is 36.1 Å². The van der Waals surface area contributed by atoms with Gasteiger partial charge in [0.05, 0.1) is 16.5 Å². The molecule has 2 aliphatic heterocycles. The third-order valence-electron chi connectivity index (χ3n) is 5.55. The van der Waals surface area contributed by atoms with E-state index < -0.39 is 10.1 Å². The zero-order valence-corrected chi connectivity index (χ0v) is 21.7. The summed E-state index contributed by atoms with van der Waals surface area (Å²) in [5.41, 5.74) is 3.22. The number of nitrogens with zero attached hydrogens (tertiary/aromatic N) is 2. The second kappa shape index (κ2) is 9.66. The average Bonchev–Trinajstić information content (AvgIpc) is 3.27. The van der Waals surface area contributed by atoms with Gasteiger partial charge in [0.1, 0.15) is 11.0 Å². The number of fused-ring (bicyclic) bond motifs is 2. The lowest BCUT2D eigenvalue weighted by atomic mass is 10.1. The monoisotopic (exact) mass is 505 g/mol. The van der Waals surface area contributed by atoms with Crippen LogP contribution in [0.3, 0.4) is 0 Å². The smallest absolute Gasteiger partial charge is 0.387 e. The van der Waals surface area contributed by atoms with Gasteiger partial charge in [-0.2, -0.15) is 13.0 Å². The van der Waals surface area contributed by atoms with E-state index in [9.17, 15) is 13.0 Å². The maximum atomic E-state index is 11.5. The number of ether oxygens (including phenoxy) is 1. The van der Waals surface area contributed by atoms with Gasteiger partial charge in [-0.25, -0.2) is 0 Å². The molecule has 4 rings (SSSR count). The first-order valence-corrected chi connectivity index (χ1v) is 14.3. The maximum Gasteiger partial charge on any atom is 0.387 e. The highest BCUT2D eigenvalue weighted by Crippen LogP contribution is 2.46. The number of hydrogen-bond donors (Lipinski definition) is 1. The minimum absolute atomic E-state index is 0.0581. The molecule has 0 saturated carbocycles. The largest absolute Gasteiger partial charge is 0.436 e. The van der Waals surface area contributed by atoms with Crippen molar-refractivity contribution in [3.8, 4) is 5.88 Å². The Hall–Kier alpha value is -2.07. The summed E-state index contributed by atoms with van der Waals surface area (Å²) in [4.78, 5) is 4.20. The fourth-order valence-corrected chi connectivity index (χ4v) is 6.54. The van der Waals surface area contributed by atoms with Gasteiger partial charge in [0.2, 0.25) is 0 Å². The number of aromatic nitrogens is 1. The number of allylic oxidation sites excluding steroid dienone is 2. The Kier molecular flexibility index (Phi) is 7.04. The van der Waals surface area contributed by atoms with Gasteiger partial charge < -0.3 is 9.64 Å². The lowest BCUT2D eigenvalue weighted by Gasteiger charge is -2.20. The lowest BCUT2D eigenvalue weighted by molar-refractivity contribution is -0.696. The van der Waals surface area contributed by atoms with Crippen LogP contribution < -0.4 is 14.2 Å². The summed E-state index contributed by atoms with van der Waals surface area (Å²) >= 11 is 3.33. The van der Waals surface area contributed by atoms with Gasteiger partial charge in [0, 0.05) is 17.5 Å². The van der Waals surface area contributed by atoms with Crippen molar-refractivity contribution in [3.63, 3.8) is 0 Å². The van der Waals surface area contributed by atoms with Crippen LogP contribution in [0.5, 0.6) is 5.88 Å². The maximum absolute atomic E-state index is 11.5. The van der Waals surface area contributed by atoms with Crippen molar-refractivity contribution in [1.29, 1.82) is 0 Å². The van der Waals surface area contributed by atoms with Crippen LogP contribution in [-0.2, 0) is 16.7 Å². The predicted molar refractivity (Wildman–Crippen MR) is 136 cm³/mol. The van der Waals surface area contributed by atoms with Crippen molar-refractivity contribution in [1.82, 2.24) is 0 Å². The molecule has 1 aromatic carbocycles. The Bertz CT molecular complexity index is 1260. The molecule has 1 unspecified atom stereocenters. The molecule has 0 amide bonds. The van der Waals surface area contributed by atoms with Crippen LogP contribution in [0.15, 0.2) is 45.8 Å². The molecule has 0 bridgehead atoms. The normalized spacial score (nSPS) is 19.1. The van der Waals surface area contributed by atoms with Gasteiger partial charge in [-0.05, 0) is 68.7 Å². The summed E-state index contributed by atoms with van der Waals surface area (Å²) in [5, 5.41) is 2.08. The number of thiazole rings is 1. The molecule has 2 aliphatic rings. The summed E-state index contributed by atoms with van der Waals surface area (Å²) < 4.78 is 40.5. The van der Waals surface area contributed by atoms with Gasteiger partial charge in [-0.3, -0.25) is 4.55 Å². The highest BCUT2D eigenvalue weighted by Gasteiger charge is 2.29. The van der Waals surface area contributed by atoms with Crippen LogP contribution in [0.1, 0.15) is 42.6 Å². The molecule has 0 saturated heterocycles. The SMILES string of the molecule is CCC(=Cc1sc2c([n+]1CC)OC(C)C=C2)C=C1Sc2ccc(C)cc2N1CCS(=O)(=O)O. The van der Waals surface area contributed by atoms with Gasteiger partial charge in [0.25, 0.3) is 15.1 Å². The summed E-state index contributed by atoms with van der Waals surface area (Å²) in [6, 6.07) is 6.18. The number of hydrogen-bond acceptors (Lipinski definition) is 6. The second-order valence-corrected chi connectivity index (χ2v) is 11.8. The Balaban J connectivity index is 1.71. The van der Waals surface area contributed by atoms with Gasteiger partial charge in [-0.15, -0.1) is 0 Å². The zero-order chi connectivity index (χ0) is 23.8. The summed E-state index contributed by atoms with van der Waals surface area (Å²) in [6.07, 6.45) is 9.40. The first-order valence-electron chi connectivity index (χ1n) is 11.0. The Morgan fingerprint density at radius 2 is 2.12 bits per heavy atom. The van der Waals surface area contributed by atoms with Crippen molar-refractivity contribution < 1.29 is 22.3 Å². The fraction of sp³-hybridized carbons (Fsp3) is 0.375. The van der Waals surface area contributed by atoms with E-state index in [0.717, 1.165) is 55.5 Å². The van der Waals surface area contributed by atoms with Crippen LogP contribution in [0, 0.1) is 6.92 Å². The number of aryl methyl sites for hydroxylation is 1. The molecule has 1 aromatic heterocycles. The van der Waals surface area contributed by atoms with Gasteiger partial charge in [0.15, 0.2) is 6.54 Å². The molecule has 176 valence electrons. The Morgan fingerprint density at radius 1 is 1.33 bits per heavy atom. The van der Waals surface area contributed by atoms with Crippen LogP contribution >= 0.6 is 23.1 Å². The highest BCUT2D eigenvalue weighted by atomic mass is 32.2. The van der Waals surface area contributed by atoms with Crippen LogP contribution in [0.2, 0.25) is 0 Å². The average molecular weight is 506 g/mol. The third kappa shape index (κ3) is 5.37. The predicted octanol–water partition coefficient (Wildman–Crippen LogP) is 5.29. The first-order chi connectivity index (χ1) is 15.7. The molecule has 0 fully saturated rings. The molecule has 33 heavy (non-hydrogen) atoms. The third-order valence-corrected chi connectivity index (χ3v) is 8.44. The Morgan fingerprint density at radius 3 is 2.82 bits per heavy atom. The fourth-order valence-electron chi connectivity index (χ4n) is 3.84. The van der Waals surface area contributed by atoms with E-state index in [1.165, 1.54) is 0 Å². The summed E-state index contributed by atoms with van der Waals surface area (Å²) in [5.74, 6) is 0.596. The zero-order valence-electron chi connectivity index (χ0n) is 19.2. The van der Waals surface area contributed by atoms with Crippen LogP contribution in [-0.4, -0.2) is 31.4 Å². The van der Waals surface area contributed by atoms with Crippen LogP contribution in [0.25, 0.3) is 12.2 Å². The van der Waals surface area contributed by atoms with E-state index in [2.05, 4.69) is 60.9 Å².